The number of carbonyl (C=O) groups is 2. The Morgan fingerprint density at radius 1 is 1.24 bits per heavy atom. The summed E-state index contributed by atoms with van der Waals surface area (Å²) in [7, 11) is 0. The maximum absolute atomic E-state index is 12.4. The molecule has 1 fully saturated rings. The standard InChI is InChI=1S/C16H21IN2O2/c1-2-3-15(20)18-14-8-10-19(11-9-14)16(21)12-4-6-13(17)7-5-12/h4-7,14H,2-3,8-11H2,1H3,(H,18,20). The molecule has 0 spiro atoms. The van der Waals surface area contributed by atoms with E-state index in [4.69, 9.17) is 0 Å². The maximum Gasteiger partial charge on any atom is 0.253 e. The molecule has 4 nitrogen and oxygen atoms in total. The van der Waals surface area contributed by atoms with Crippen LogP contribution in [0.2, 0.25) is 0 Å². The zero-order chi connectivity index (χ0) is 15.2. The Kier molecular flexibility index (Phi) is 6.02. The van der Waals surface area contributed by atoms with Crippen molar-refractivity contribution in [3.8, 4) is 0 Å². The molecule has 2 rings (SSSR count). The highest BCUT2D eigenvalue weighted by atomic mass is 127. The lowest BCUT2D eigenvalue weighted by Crippen LogP contribution is -2.46. The third kappa shape index (κ3) is 4.69. The zero-order valence-corrected chi connectivity index (χ0v) is 14.4. The highest BCUT2D eigenvalue weighted by Gasteiger charge is 2.24. The number of nitrogens with zero attached hydrogens (tertiary/aromatic N) is 1. The second-order valence-corrected chi connectivity index (χ2v) is 6.64. The van der Waals surface area contributed by atoms with Gasteiger partial charge in [0.15, 0.2) is 0 Å². The van der Waals surface area contributed by atoms with Gasteiger partial charge in [-0.25, -0.2) is 0 Å². The predicted molar refractivity (Wildman–Crippen MR) is 91.1 cm³/mol. The first-order chi connectivity index (χ1) is 10.1. The van der Waals surface area contributed by atoms with Crippen molar-refractivity contribution in [1.29, 1.82) is 0 Å². The van der Waals surface area contributed by atoms with Crippen molar-refractivity contribution in [2.45, 2.75) is 38.6 Å². The smallest absolute Gasteiger partial charge is 0.253 e. The number of halogens is 1. The molecule has 1 aliphatic heterocycles. The van der Waals surface area contributed by atoms with E-state index in [1.807, 2.05) is 36.1 Å². The van der Waals surface area contributed by atoms with Gasteiger partial charge in [-0.1, -0.05) is 6.92 Å². The van der Waals surface area contributed by atoms with E-state index in [1.54, 1.807) is 0 Å². The third-order valence-electron chi connectivity index (χ3n) is 3.72. The number of hydrogen-bond donors (Lipinski definition) is 1. The largest absolute Gasteiger partial charge is 0.353 e. The second-order valence-electron chi connectivity index (χ2n) is 5.39. The average Bonchev–Trinajstić information content (AvgIpc) is 2.48. The van der Waals surface area contributed by atoms with Crippen LogP contribution in [0.25, 0.3) is 0 Å². The SMILES string of the molecule is CCCC(=O)NC1CCN(C(=O)c2ccc(I)cc2)CC1. The van der Waals surface area contributed by atoms with Gasteiger partial charge in [-0.05, 0) is 66.1 Å². The quantitative estimate of drug-likeness (QED) is 0.791. The molecule has 5 heteroatoms. The van der Waals surface area contributed by atoms with Gasteiger partial charge < -0.3 is 10.2 Å². The normalized spacial score (nSPS) is 15.8. The van der Waals surface area contributed by atoms with Crippen LogP contribution in [-0.2, 0) is 4.79 Å². The fourth-order valence-electron chi connectivity index (χ4n) is 2.53. The summed E-state index contributed by atoms with van der Waals surface area (Å²) in [5.74, 6) is 0.213. The van der Waals surface area contributed by atoms with Gasteiger partial charge in [0.25, 0.3) is 5.91 Å². The van der Waals surface area contributed by atoms with E-state index in [0.717, 1.165) is 28.4 Å². The van der Waals surface area contributed by atoms with Crippen LogP contribution >= 0.6 is 22.6 Å². The van der Waals surface area contributed by atoms with Gasteiger partial charge >= 0.3 is 0 Å². The molecule has 114 valence electrons. The van der Waals surface area contributed by atoms with Gasteiger partial charge in [0.2, 0.25) is 5.91 Å². The van der Waals surface area contributed by atoms with Crippen LogP contribution < -0.4 is 5.32 Å². The average molecular weight is 400 g/mol. The number of rotatable bonds is 4. The number of amides is 2. The fourth-order valence-corrected chi connectivity index (χ4v) is 2.89. The summed E-state index contributed by atoms with van der Waals surface area (Å²) in [4.78, 5) is 25.8. The Morgan fingerprint density at radius 2 is 1.86 bits per heavy atom. The van der Waals surface area contributed by atoms with E-state index in [2.05, 4.69) is 27.9 Å². The predicted octanol–water partition coefficient (Wildman–Crippen LogP) is 2.81. The number of likely N-dealkylation sites (tertiary alicyclic amines) is 1. The molecule has 1 aromatic rings. The first-order valence-electron chi connectivity index (χ1n) is 7.44. The first-order valence-corrected chi connectivity index (χ1v) is 8.52. The number of nitrogens with one attached hydrogen (secondary N) is 1. The minimum Gasteiger partial charge on any atom is -0.353 e. The highest BCUT2D eigenvalue weighted by molar-refractivity contribution is 14.1. The summed E-state index contributed by atoms with van der Waals surface area (Å²) in [6, 6.07) is 7.86. The van der Waals surface area contributed by atoms with Crippen LogP contribution in [-0.4, -0.2) is 35.8 Å². The number of carbonyl (C=O) groups excluding carboxylic acids is 2. The minimum atomic E-state index is 0.0877. The lowest BCUT2D eigenvalue weighted by atomic mass is 10.0. The molecule has 0 aromatic heterocycles. The fraction of sp³-hybridized carbons (Fsp3) is 0.500. The molecule has 0 saturated carbocycles. The van der Waals surface area contributed by atoms with E-state index in [1.165, 1.54) is 0 Å². The minimum absolute atomic E-state index is 0.0877. The van der Waals surface area contributed by atoms with Crippen molar-refractivity contribution in [2.75, 3.05) is 13.1 Å². The topological polar surface area (TPSA) is 49.4 Å². The third-order valence-corrected chi connectivity index (χ3v) is 4.43. The van der Waals surface area contributed by atoms with E-state index in [0.29, 0.717) is 19.5 Å². The molecule has 2 amide bonds. The molecular weight excluding hydrogens is 379 g/mol. The number of benzene rings is 1. The summed E-state index contributed by atoms with van der Waals surface area (Å²) >= 11 is 2.23. The van der Waals surface area contributed by atoms with Gasteiger partial charge in [-0.3, -0.25) is 9.59 Å². The van der Waals surface area contributed by atoms with Crippen LogP contribution in [0.5, 0.6) is 0 Å². The highest BCUT2D eigenvalue weighted by Crippen LogP contribution is 2.15. The first kappa shape index (κ1) is 16.3. The van der Waals surface area contributed by atoms with Crippen LogP contribution in [0, 0.1) is 3.57 Å². The summed E-state index contributed by atoms with van der Waals surface area (Å²) in [6.07, 6.45) is 3.13. The van der Waals surface area contributed by atoms with Gasteiger partial charge in [0.1, 0.15) is 0 Å². The molecule has 1 heterocycles. The molecule has 0 bridgehead atoms. The van der Waals surface area contributed by atoms with Crippen molar-refractivity contribution in [1.82, 2.24) is 10.2 Å². The molecule has 0 aliphatic carbocycles. The molecule has 1 aromatic carbocycles. The second kappa shape index (κ2) is 7.77. The van der Waals surface area contributed by atoms with Crippen molar-refractivity contribution >= 4 is 34.4 Å². The van der Waals surface area contributed by atoms with E-state index >= 15 is 0 Å². The van der Waals surface area contributed by atoms with E-state index in [-0.39, 0.29) is 17.9 Å². The van der Waals surface area contributed by atoms with Crippen molar-refractivity contribution in [3.05, 3.63) is 33.4 Å². The number of piperidine rings is 1. The van der Waals surface area contributed by atoms with Gasteiger partial charge in [0.05, 0.1) is 0 Å². The summed E-state index contributed by atoms with van der Waals surface area (Å²) in [5, 5.41) is 3.05. The Bertz CT molecular complexity index is 494. The van der Waals surface area contributed by atoms with Crippen LogP contribution in [0.3, 0.4) is 0 Å². The van der Waals surface area contributed by atoms with Gasteiger partial charge in [0, 0.05) is 34.7 Å². The lowest BCUT2D eigenvalue weighted by molar-refractivity contribution is -0.122. The maximum atomic E-state index is 12.4. The van der Waals surface area contributed by atoms with E-state index < -0.39 is 0 Å². The van der Waals surface area contributed by atoms with Crippen molar-refractivity contribution < 1.29 is 9.59 Å². The van der Waals surface area contributed by atoms with Crippen molar-refractivity contribution in [2.24, 2.45) is 0 Å². The van der Waals surface area contributed by atoms with Crippen LogP contribution in [0.15, 0.2) is 24.3 Å². The summed E-state index contributed by atoms with van der Waals surface area (Å²) in [6.45, 7) is 3.42. The molecular formula is C16H21IN2O2. The van der Waals surface area contributed by atoms with Crippen LogP contribution in [0.1, 0.15) is 43.0 Å². The van der Waals surface area contributed by atoms with Gasteiger partial charge in [-0.2, -0.15) is 0 Å². The molecule has 1 N–H and O–H groups in total. The lowest BCUT2D eigenvalue weighted by Gasteiger charge is -2.32. The van der Waals surface area contributed by atoms with Gasteiger partial charge in [-0.15, -0.1) is 0 Å². The van der Waals surface area contributed by atoms with Crippen LogP contribution in [0.4, 0.5) is 0 Å². The summed E-state index contributed by atoms with van der Waals surface area (Å²) < 4.78 is 1.13. The zero-order valence-electron chi connectivity index (χ0n) is 12.3. The van der Waals surface area contributed by atoms with E-state index in [9.17, 15) is 9.59 Å². The molecule has 0 atom stereocenters. The molecule has 0 unspecified atom stereocenters. The summed E-state index contributed by atoms with van der Waals surface area (Å²) in [5.41, 5.74) is 0.740. The Labute approximate surface area is 139 Å². The molecule has 1 aliphatic rings. The molecule has 0 radical (unpaired) electrons. The molecule has 21 heavy (non-hydrogen) atoms. The Morgan fingerprint density at radius 3 is 2.43 bits per heavy atom. The molecule has 1 saturated heterocycles. The Balaban J connectivity index is 1.84. The van der Waals surface area contributed by atoms with Crippen molar-refractivity contribution in [3.63, 3.8) is 0 Å². The number of hydrogen-bond acceptors (Lipinski definition) is 2. The Hall–Kier alpha value is -1.11. The monoisotopic (exact) mass is 400 g/mol.